The van der Waals surface area contributed by atoms with Crippen molar-refractivity contribution in [3.05, 3.63) is 29.3 Å². The molecule has 2 aliphatic rings. The molecule has 1 saturated heterocycles. The number of ether oxygens (including phenoxy) is 2. The second-order valence-electron chi connectivity index (χ2n) is 5.70. The van der Waals surface area contributed by atoms with Crippen molar-refractivity contribution in [3.8, 4) is 22.1 Å². The summed E-state index contributed by atoms with van der Waals surface area (Å²) < 4.78 is 10.7. The Hall–Kier alpha value is -1.83. The topological polar surface area (TPSA) is 63.7 Å². The number of carbonyl (C=O) groups is 1. The Bertz CT molecular complexity index is 752. The molecule has 1 atom stereocenters. The van der Waals surface area contributed by atoms with Gasteiger partial charge in [-0.05, 0) is 25.1 Å². The van der Waals surface area contributed by atoms with Gasteiger partial charge >= 0.3 is 0 Å². The lowest BCUT2D eigenvalue weighted by molar-refractivity contribution is 0.0714. The molecule has 3 heterocycles. The van der Waals surface area contributed by atoms with Crippen LogP contribution in [-0.2, 0) is 0 Å². The molecule has 0 radical (unpaired) electrons. The monoisotopic (exact) mass is 367 g/mol. The Morgan fingerprint density at radius 1 is 1.38 bits per heavy atom. The molecule has 0 saturated carbocycles. The first-order valence-corrected chi connectivity index (χ1v) is 8.41. The summed E-state index contributed by atoms with van der Waals surface area (Å²) in [6.07, 6.45) is 1.67. The number of nitrogens with zero attached hydrogens (tertiary/aromatic N) is 2. The molecule has 1 N–H and O–H groups in total. The standard InChI is InChI=1S/C16H17N3O3S.ClH/c1-10-8-19(5-4-17-10)16(20)14-7-18-15(23-14)11-2-3-12-13(6-11)22-9-21-12;/h2-3,6-7,10,17H,4-5,8-9H2,1H3;1H. The number of benzene rings is 1. The Morgan fingerprint density at radius 2 is 2.21 bits per heavy atom. The van der Waals surface area contributed by atoms with E-state index in [1.165, 1.54) is 11.3 Å². The highest BCUT2D eigenvalue weighted by atomic mass is 35.5. The molecule has 128 valence electrons. The van der Waals surface area contributed by atoms with Gasteiger partial charge in [0.15, 0.2) is 11.5 Å². The fourth-order valence-electron chi connectivity index (χ4n) is 2.81. The van der Waals surface area contributed by atoms with Crippen molar-refractivity contribution in [2.75, 3.05) is 26.4 Å². The highest BCUT2D eigenvalue weighted by molar-refractivity contribution is 7.16. The number of hydrogen-bond donors (Lipinski definition) is 1. The van der Waals surface area contributed by atoms with Crippen LogP contribution in [0.25, 0.3) is 10.6 Å². The van der Waals surface area contributed by atoms with Gasteiger partial charge in [-0.25, -0.2) is 4.98 Å². The molecule has 8 heteroatoms. The van der Waals surface area contributed by atoms with E-state index in [2.05, 4.69) is 17.2 Å². The molecule has 1 aromatic carbocycles. The smallest absolute Gasteiger partial charge is 0.265 e. The van der Waals surface area contributed by atoms with E-state index in [1.54, 1.807) is 6.20 Å². The van der Waals surface area contributed by atoms with E-state index in [1.807, 2.05) is 23.1 Å². The lowest BCUT2D eigenvalue weighted by Crippen LogP contribution is -2.51. The van der Waals surface area contributed by atoms with E-state index in [0.717, 1.165) is 41.7 Å². The Labute approximate surface area is 150 Å². The van der Waals surface area contributed by atoms with Gasteiger partial charge in [-0.3, -0.25) is 4.79 Å². The maximum Gasteiger partial charge on any atom is 0.265 e. The third kappa shape index (κ3) is 3.19. The summed E-state index contributed by atoms with van der Waals surface area (Å²) in [5.41, 5.74) is 0.937. The minimum absolute atomic E-state index is 0. The van der Waals surface area contributed by atoms with Crippen molar-refractivity contribution in [2.45, 2.75) is 13.0 Å². The highest BCUT2D eigenvalue weighted by Gasteiger charge is 2.24. The number of halogens is 1. The third-order valence-corrected chi connectivity index (χ3v) is 5.03. The maximum atomic E-state index is 12.6. The van der Waals surface area contributed by atoms with Crippen LogP contribution in [0.3, 0.4) is 0 Å². The minimum Gasteiger partial charge on any atom is -0.454 e. The lowest BCUT2D eigenvalue weighted by Gasteiger charge is -2.31. The normalized spacial score (nSPS) is 19.0. The Balaban J connectivity index is 0.00000169. The van der Waals surface area contributed by atoms with Gasteiger partial charge in [-0.1, -0.05) is 0 Å². The van der Waals surface area contributed by atoms with Gasteiger partial charge in [0.2, 0.25) is 6.79 Å². The van der Waals surface area contributed by atoms with E-state index in [4.69, 9.17) is 9.47 Å². The molecule has 1 amide bonds. The number of thiazole rings is 1. The van der Waals surface area contributed by atoms with Crippen LogP contribution in [0.4, 0.5) is 0 Å². The van der Waals surface area contributed by atoms with Crippen LogP contribution in [0.5, 0.6) is 11.5 Å². The van der Waals surface area contributed by atoms with E-state index in [0.29, 0.717) is 10.9 Å². The molecule has 1 unspecified atom stereocenters. The van der Waals surface area contributed by atoms with Gasteiger partial charge in [-0.15, -0.1) is 23.7 Å². The largest absolute Gasteiger partial charge is 0.454 e. The first kappa shape index (κ1) is 17.0. The molecule has 24 heavy (non-hydrogen) atoms. The number of aromatic nitrogens is 1. The van der Waals surface area contributed by atoms with Crippen LogP contribution < -0.4 is 14.8 Å². The van der Waals surface area contributed by atoms with Crippen LogP contribution >= 0.6 is 23.7 Å². The first-order chi connectivity index (χ1) is 11.2. The van der Waals surface area contributed by atoms with Gasteiger partial charge in [0, 0.05) is 31.2 Å². The molecule has 4 rings (SSSR count). The second kappa shape index (κ2) is 6.96. The molecule has 0 bridgehead atoms. The van der Waals surface area contributed by atoms with Crippen molar-refractivity contribution in [1.82, 2.24) is 15.2 Å². The third-order valence-electron chi connectivity index (χ3n) is 3.99. The van der Waals surface area contributed by atoms with Gasteiger partial charge in [0.1, 0.15) is 9.88 Å². The average molecular weight is 368 g/mol. The molecular formula is C16H18ClN3O3S. The number of fused-ring (bicyclic) bond motifs is 1. The SMILES string of the molecule is CC1CN(C(=O)c2cnc(-c3ccc4c(c3)OCO4)s2)CCN1.Cl. The minimum atomic E-state index is 0. The first-order valence-electron chi connectivity index (χ1n) is 7.59. The molecule has 2 aromatic rings. The Kier molecular flexibility index (Phi) is 4.93. The van der Waals surface area contributed by atoms with Gasteiger partial charge in [-0.2, -0.15) is 0 Å². The fraction of sp³-hybridized carbons (Fsp3) is 0.375. The lowest BCUT2D eigenvalue weighted by atomic mass is 10.2. The predicted octanol–water partition coefficient (Wildman–Crippen LogP) is 2.39. The maximum absolute atomic E-state index is 12.6. The number of piperazine rings is 1. The zero-order valence-corrected chi connectivity index (χ0v) is 14.8. The predicted molar refractivity (Wildman–Crippen MR) is 94.3 cm³/mol. The van der Waals surface area contributed by atoms with Crippen molar-refractivity contribution >= 4 is 29.7 Å². The van der Waals surface area contributed by atoms with Gasteiger partial charge in [0.05, 0.1) is 6.20 Å². The molecular weight excluding hydrogens is 350 g/mol. The van der Waals surface area contributed by atoms with Crippen molar-refractivity contribution in [3.63, 3.8) is 0 Å². The van der Waals surface area contributed by atoms with Crippen molar-refractivity contribution < 1.29 is 14.3 Å². The van der Waals surface area contributed by atoms with Crippen LogP contribution in [0.15, 0.2) is 24.4 Å². The van der Waals surface area contributed by atoms with Gasteiger partial charge < -0.3 is 19.7 Å². The summed E-state index contributed by atoms with van der Waals surface area (Å²) in [6.45, 7) is 4.64. The second-order valence-corrected chi connectivity index (χ2v) is 6.73. The van der Waals surface area contributed by atoms with Crippen LogP contribution in [0.2, 0.25) is 0 Å². The summed E-state index contributed by atoms with van der Waals surface area (Å²) in [5.74, 6) is 1.53. The summed E-state index contributed by atoms with van der Waals surface area (Å²) in [4.78, 5) is 19.6. The van der Waals surface area contributed by atoms with E-state index in [9.17, 15) is 4.79 Å². The number of rotatable bonds is 2. The summed E-state index contributed by atoms with van der Waals surface area (Å²) >= 11 is 1.42. The zero-order valence-electron chi connectivity index (χ0n) is 13.2. The van der Waals surface area contributed by atoms with E-state index in [-0.39, 0.29) is 25.1 Å². The zero-order chi connectivity index (χ0) is 15.8. The molecule has 1 fully saturated rings. The summed E-state index contributed by atoms with van der Waals surface area (Å²) in [5, 5.41) is 4.16. The molecule has 1 aromatic heterocycles. The molecule has 2 aliphatic heterocycles. The number of nitrogens with one attached hydrogen (secondary N) is 1. The highest BCUT2D eigenvalue weighted by Crippen LogP contribution is 2.37. The van der Waals surface area contributed by atoms with E-state index >= 15 is 0 Å². The molecule has 0 aliphatic carbocycles. The number of amides is 1. The molecule has 6 nitrogen and oxygen atoms in total. The van der Waals surface area contributed by atoms with E-state index < -0.39 is 0 Å². The van der Waals surface area contributed by atoms with Crippen molar-refractivity contribution in [2.24, 2.45) is 0 Å². The number of carbonyl (C=O) groups excluding carboxylic acids is 1. The van der Waals surface area contributed by atoms with Crippen LogP contribution in [0.1, 0.15) is 16.6 Å². The average Bonchev–Trinajstić information content (AvgIpc) is 3.22. The van der Waals surface area contributed by atoms with Crippen LogP contribution in [-0.4, -0.2) is 48.3 Å². The van der Waals surface area contributed by atoms with Crippen molar-refractivity contribution in [1.29, 1.82) is 0 Å². The Morgan fingerprint density at radius 3 is 3.04 bits per heavy atom. The summed E-state index contributed by atoms with van der Waals surface area (Å²) in [6, 6.07) is 6.04. The number of hydrogen-bond acceptors (Lipinski definition) is 6. The quantitative estimate of drug-likeness (QED) is 0.883. The van der Waals surface area contributed by atoms with Gasteiger partial charge in [0.25, 0.3) is 5.91 Å². The summed E-state index contributed by atoms with van der Waals surface area (Å²) in [7, 11) is 0. The van der Waals surface area contributed by atoms with Crippen LogP contribution in [0, 0.1) is 0 Å². The molecule has 0 spiro atoms. The fourth-order valence-corrected chi connectivity index (χ4v) is 3.69.